The van der Waals surface area contributed by atoms with E-state index >= 15 is 0 Å². The van der Waals surface area contributed by atoms with E-state index in [1.807, 2.05) is 30.3 Å². The molecule has 2 nitrogen and oxygen atoms in total. The molecule has 2 aromatic carbocycles. The Morgan fingerprint density at radius 1 is 0.826 bits per heavy atom. The maximum absolute atomic E-state index is 5.87. The van der Waals surface area contributed by atoms with Crippen LogP contribution in [-0.4, -0.2) is 18.5 Å². The third kappa shape index (κ3) is 6.66. The molecule has 0 radical (unpaired) electrons. The minimum atomic E-state index is 0.734. The Hall–Kier alpha value is -1.48. The fourth-order valence-electron chi connectivity index (χ4n) is 2.37. The van der Waals surface area contributed by atoms with Crippen LogP contribution in [0.3, 0.4) is 0 Å². The summed E-state index contributed by atoms with van der Waals surface area (Å²) in [5.74, 6) is 1.91. The fourth-order valence-corrected chi connectivity index (χ4v) is 2.65. The zero-order valence-electron chi connectivity index (χ0n) is 13.8. The highest BCUT2D eigenvalue weighted by Crippen LogP contribution is 2.19. The van der Waals surface area contributed by atoms with E-state index in [4.69, 9.17) is 9.47 Å². The van der Waals surface area contributed by atoms with Crippen molar-refractivity contribution in [2.75, 3.05) is 18.5 Å². The quantitative estimate of drug-likeness (QED) is 0.399. The van der Waals surface area contributed by atoms with Crippen molar-refractivity contribution in [3.63, 3.8) is 0 Å². The van der Waals surface area contributed by atoms with Crippen LogP contribution < -0.4 is 9.47 Å². The molecular weight excluding hydrogens is 352 g/mol. The number of alkyl halides is 1. The van der Waals surface area contributed by atoms with E-state index in [0.29, 0.717) is 0 Å². The summed E-state index contributed by atoms with van der Waals surface area (Å²) in [7, 11) is 0. The van der Waals surface area contributed by atoms with Gasteiger partial charge < -0.3 is 9.47 Å². The molecule has 0 N–H and O–H groups in total. The van der Waals surface area contributed by atoms with Gasteiger partial charge in [-0.25, -0.2) is 0 Å². The predicted molar refractivity (Wildman–Crippen MR) is 100.0 cm³/mol. The number of ether oxygens (including phenoxy) is 2. The Morgan fingerprint density at radius 2 is 1.52 bits per heavy atom. The SMILES string of the molecule is Cc1ccc(OCCCCOc2ccccc2)cc1CCCBr. The Morgan fingerprint density at radius 3 is 2.22 bits per heavy atom. The largest absolute Gasteiger partial charge is 0.494 e. The second-order valence-electron chi connectivity index (χ2n) is 5.60. The first-order valence-electron chi connectivity index (χ1n) is 8.26. The van der Waals surface area contributed by atoms with E-state index in [1.54, 1.807) is 0 Å². The van der Waals surface area contributed by atoms with Crippen LogP contribution in [0.15, 0.2) is 48.5 Å². The van der Waals surface area contributed by atoms with E-state index < -0.39 is 0 Å². The second-order valence-corrected chi connectivity index (χ2v) is 6.39. The number of rotatable bonds is 10. The lowest BCUT2D eigenvalue weighted by Crippen LogP contribution is -2.03. The zero-order valence-corrected chi connectivity index (χ0v) is 15.3. The van der Waals surface area contributed by atoms with Crippen molar-refractivity contribution in [3.8, 4) is 11.5 Å². The maximum Gasteiger partial charge on any atom is 0.119 e. The third-order valence-corrected chi connectivity index (χ3v) is 4.28. The van der Waals surface area contributed by atoms with E-state index in [-0.39, 0.29) is 0 Å². The van der Waals surface area contributed by atoms with E-state index in [1.165, 1.54) is 11.1 Å². The van der Waals surface area contributed by atoms with Gasteiger partial charge in [0, 0.05) is 5.33 Å². The number of halogens is 1. The van der Waals surface area contributed by atoms with Gasteiger partial charge in [0.2, 0.25) is 0 Å². The van der Waals surface area contributed by atoms with Gasteiger partial charge in [-0.1, -0.05) is 40.2 Å². The van der Waals surface area contributed by atoms with Crippen molar-refractivity contribution in [2.24, 2.45) is 0 Å². The van der Waals surface area contributed by atoms with Crippen LogP contribution in [0.25, 0.3) is 0 Å². The van der Waals surface area contributed by atoms with Gasteiger partial charge in [0.05, 0.1) is 13.2 Å². The summed E-state index contributed by atoms with van der Waals surface area (Å²) in [6.45, 7) is 3.63. The van der Waals surface area contributed by atoms with Crippen LogP contribution >= 0.6 is 15.9 Å². The molecule has 0 amide bonds. The molecule has 23 heavy (non-hydrogen) atoms. The van der Waals surface area contributed by atoms with Gasteiger partial charge in [0.25, 0.3) is 0 Å². The molecule has 0 aromatic heterocycles. The van der Waals surface area contributed by atoms with Crippen LogP contribution in [0.1, 0.15) is 30.4 Å². The normalized spacial score (nSPS) is 10.5. The zero-order chi connectivity index (χ0) is 16.3. The van der Waals surface area contributed by atoms with Gasteiger partial charge in [0.1, 0.15) is 11.5 Å². The second kappa shape index (κ2) is 10.3. The molecule has 0 spiro atoms. The first-order valence-corrected chi connectivity index (χ1v) is 9.38. The molecule has 0 saturated heterocycles. The molecule has 0 bridgehead atoms. The number of aryl methyl sites for hydroxylation is 2. The fraction of sp³-hybridized carbons (Fsp3) is 0.400. The molecule has 0 unspecified atom stereocenters. The molecule has 0 aliphatic heterocycles. The molecule has 0 heterocycles. The monoisotopic (exact) mass is 376 g/mol. The molecule has 0 fully saturated rings. The molecule has 0 saturated carbocycles. The number of hydrogen-bond donors (Lipinski definition) is 0. The van der Waals surface area contributed by atoms with E-state index in [0.717, 1.165) is 55.7 Å². The van der Waals surface area contributed by atoms with Crippen molar-refractivity contribution >= 4 is 15.9 Å². The number of para-hydroxylation sites is 1. The highest BCUT2D eigenvalue weighted by atomic mass is 79.9. The minimum Gasteiger partial charge on any atom is -0.494 e. The molecule has 0 aliphatic carbocycles. The number of hydrogen-bond acceptors (Lipinski definition) is 2. The first kappa shape index (κ1) is 17.9. The molecule has 2 rings (SSSR count). The average Bonchev–Trinajstić information content (AvgIpc) is 2.59. The van der Waals surface area contributed by atoms with Crippen LogP contribution in [0.2, 0.25) is 0 Å². The van der Waals surface area contributed by atoms with Gasteiger partial charge >= 0.3 is 0 Å². The number of unbranched alkanes of at least 4 members (excludes halogenated alkanes) is 1. The summed E-state index contributed by atoms with van der Waals surface area (Å²) in [6, 6.07) is 16.3. The Bertz CT molecular complexity index is 569. The lowest BCUT2D eigenvalue weighted by molar-refractivity contribution is 0.266. The molecule has 2 aromatic rings. The Balaban J connectivity index is 1.66. The first-order chi connectivity index (χ1) is 11.3. The summed E-state index contributed by atoms with van der Waals surface area (Å²) < 4.78 is 11.5. The van der Waals surface area contributed by atoms with Gasteiger partial charge in [-0.3, -0.25) is 0 Å². The van der Waals surface area contributed by atoms with Crippen molar-refractivity contribution < 1.29 is 9.47 Å². The molecule has 3 heteroatoms. The Labute approximate surface area is 148 Å². The van der Waals surface area contributed by atoms with Crippen molar-refractivity contribution in [1.82, 2.24) is 0 Å². The smallest absolute Gasteiger partial charge is 0.119 e. The van der Waals surface area contributed by atoms with Crippen LogP contribution in [0, 0.1) is 6.92 Å². The van der Waals surface area contributed by atoms with Gasteiger partial charge in [-0.15, -0.1) is 0 Å². The van der Waals surface area contributed by atoms with Crippen LogP contribution in [0.4, 0.5) is 0 Å². The van der Waals surface area contributed by atoms with E-state index in [2.05, 4.69) is 41.1 Å². The molecule has 0 aliphatic rings. The minimum absolute atomic E-state index is 0.734. The van der Waals surface area contributed by atoms with Crippen LogP contribution in [0.5, 0.6) is 11.5 Å². The summed E-state index contributed by atoms with van der Waals surface area (Å²) in [4.78, 5) is 0. The molecular formula is C20H25BrO2. The van der Waals surface area contributed by atoms with E-state index in [9.17, 15) is 0 Å². The highest BCUT2D eigenvalue weighted by molar-refractivity contribution is 9.09. The van der Waals surface area contributed by atoms with Crippen LogP contribution in [-0.2, 0) is 6.42 Å². The maximum atomic E-state index is 5.87. The standard InChI is InChI=1S/C20H25BrO2/c1-17-11-12-20(16-18(17)8-7-13-21)23-15-6-5-14-22-19-9-3-2-4-10-19/h2-4,9-12,16H,5-8,13-15H2,1H3. The average molecular weight is 377 g/mol. The topological polar surface area (TPSA) is 18.5 Å². The molecule has 124 valence electrons. The van der Waals surface area contributed by atoms with Crippen molar-refractivity contribution in [3.05, 3.63) is 59.7 Å². The van der Waals surface area contributed by atoms with Gasteiger partial charge in [-0.05, 0) is 68.0 Å². The lowest BCUT2D eigenvalue weighted by atomic mass is 10.0. The third-order valence-electron chi connectivity index (χ3n) is 3.72. The van der Waals surface area contributed by atoms with Gasteiger partial charge in [0.15, 0.2) is 0 Å². The Kier molecular flexibility index (Phi) is 8.02. The summed E-state index contributed by atoms with van der Waals surface area (Å²) in [6.07, 6.45) is 4.25. The predicted octanol–water partition coefficient (Wildman–Crippen LogP) is 5.56. The van der Waals surface area contributed by atoms with Crippen molar-refractivity contribution in [2.45, 2.75) is 32.6 Å². The number of benzene rings is 2. The highest BCUT2D eigenvalue weighted by Gasteiger charge is 2.02. The lowest BCUT2D eigenvalue weighted by Gasteiger charge is -2.10. The van der Waals surface area contributed by atoms with Crippen molar-refractivity contribution in [1.29, 1.82) is 0 Å². The molecule has 0 atom stereocenters. The summed E-state index contributed by atoms with van der Waals surface area (Å²) in [5, 5.41) is 1.04. The summed E-state index contributed by atoms with van der Waals surface area (Å²) >= 11 is 3.49. The summed E-state index contributed by atoms with van der Waals surface area (Å²) in [5.41, 5.74) is 2.73. The van der Waals surface area contributed by atoms with Gasteiger partial charge in [-0.2, -0.15) is 0 Å².